The second kappa shape index (κ2) is 8.21. The molecule has 2 fully saturated rings. The van der Waals surface area contributed by atoms with Gasteiger partial charge in [0.25, 0.3) is 0 Å². The lowest BCUT2D eigenvalue weighted by Crippen LogP contribution is -2.72. The van der Waals surface area contributed by atoms with Crippen LogP contribution in [-0.4, -0.2) is 61.8 Å². The van der Waals surface area contributed by atoms with Crippen LogP contribution in [0.2, 0.25) is 0 Å². The van der Waals surface area contributed by atoms with E-state index in [1.165, 1.54) is 18.2 Å². The van der Waals surface area contributed by atoms with Crippen LogP contribution in [0.4, 0.5) is 0 Å². The molecular formula is C24H25NO9. The van der Waals surface area contributed by atoms with Crippen LogP contribution in [0, 0.1) is 23.7 Å². The topological polar surface area (TPSA) is 189 Å². The second-order valence-electron chi connectivity index (χ2n) is 9.36. The molecule has 0 spiro atoms. The molecule has 0 radical (unpaired) electrons. The predicted octanol–water partition coefficient (Wildman–Crippen LogP) is -0.402. The van der Waals surface area contributed by atoms with E-state index in [0.717, 1.165) is 0 Å². The van der Waals surface area contributed by atoms with E-state index in [9.17, 15) is 44.1 Å². The van der Waals surface area contributed by atoms with E-state index in [-0.39, 0.29) is 29.8 Å². The summed E-state index contributed by atoms with van der Waals surface area (Å²) in [6.45, 7) is 1.80. The smallest absolute Gasteiger partial charge is 0.235 e. The van der Waals surface area contributed by atoms with Crippen LogP contribution < -0.4 is 5.73 Å². The number of hydrogen-bond acceptors (Lipinski definition) is 9. The number of phenols is 1. The molecule has 7 atom stereocenters. The number of amides is 1. The molecule has 0 saturated heterocycles. The number of aliphatic hydroxyl groups excluding tert-OH is 1. The fraction of sp³-hybridized carbons (Fsp3) is 0.500. The molecule has 10 nitrogen and oxygen atoms in total. The Hall–Kier alpha value is -3.24. The molecule has 2 unspecified atom stereocenters. The number of carbonyl (C=O) groups excluding carboxylic acids is 6. The van der Waals surface area contributed by atoms with Crippen LogP contribution in [0.5, 0.6) is 5.75 Å². The fourth-order valence-electron chi connectivity index (χ4n) is 6.00. The predicted molar refractivity (Wildman–Crippen MR) is 113 cm³/mol. The van der Waals surface area contributed by atoms with E-state index < -0.39 is 82.5 Å². The first-order valence-corrected chi connectivity index (χ1v) is 11.2. The third-order valence-corrected chi connectivity index (χ3v) is 7.50. The fourth-order valence-corrected chi connectivity index (χ4v) is 6.00. The number of Topliss-reactive ketones (excluding diaryl/α,β-unsaturated/α-hetero) is 5. The monoisotopic (exact) mass is 471 g/mol. The molecule has 1 aromatic carbocycles. The van der Waals surface area contributed by atoms with Gasteiger partial charge in [0.15, 0.2) is 34.7 Å². The lowest BCUT2D eigenvalue weighted by Gasteiger charge is -2.53. The highest BCUT2D eigenvalue weighted by molar-refractivity contribution is 6.31. The van der Waals surface area contributed by atoms with Gasteiger partial charge in [-0.25, -0.2) is 0 Å². The number of primary amides is 1. The standard InChI is InChI=1S/C24H25NO9/c1-2-4-9(26)7-11-10-5-3-6-13(27)15(10)20(30)18-16(11)19(29)12-8-14(28)17(23(25)33)21(31)24(12,34)22(18)32/h3,5-6,11-12,16-19,27,29,34H,2,4,7-8H2,1H3,(H2,25,33)/t11-,12+,16+,17?,18?,19+,24+/m0/s1. The minimum absolute atomic E-state index is 0.153. The molecular weight excluding hydrogens is 446 g/mol. The van der Waals surface area contributed by atoms with Crippen LogP contribution in [-0.2, 0) is 24.0 Å². The zero-order valence-electron chi connectivity index (χ0n) is 18.4. The molecule has 4 rings (SSSR count). The second-order valence-corrected chi connectivity index (χ2v) is 9.36. The van der Waals surface area contributed by atoms with Gasteiger partial charge in [-0.3, -0.25) is 28.8 Å². The number of ketones is 5. The van der Waals surface area contributed by atoms with Crippen molar-refractivity contribution >= 4 is 34.8 Å². The molecule has 0 heterocycles. The van der Waals surface area contributed by atoms with Crippen molar-refractivity contribution in [3.63, 3.8) is 0 Å². The van der Waals surface area contributed by atoms with Crippen molar-refractivity contribution in [2.45, 2.75) is 50.2 Å². The van der Waals surface area contributed by atoms with Gasteiger partial charge in [0.1, 0.15) is 11.5 Å². The number of hydrogen-bond donors (Lipinski definition) is 4. The van der Waals surface area contributed by atoms with Crippen LogP contribution in [0.25, 0.3) is 0 Å². The van der Waals surface area contributed by atoms with E-state index >= 15 is 0 Å². The summed E-state index contributed by atoms with van der Waals surface area (Å²) >= 11 is 0. The Morgan fingerprint density at radius 3 is 2.44 bits per heavy atom. The van der Waals surface area contributed by atoms with Crippen molar-refractivity contribution in [1.82, 2.24) is 0 Å². The largest absolute Gasteiger partial charge is 0.507 e. The zero-order chi connectivity index (χ0) is 25.1. The SMILES string of the molecule is CCCC(=O)C[C@H]1c2cccc(O)c2C(=O)C2C(=O)[C@]3(O)C(=O)C(C(N)=O)C(=O)C[C@@H]3[C@@H](O)[C@@H]21. The van der Waals surface area contributed by atoms with Crippen molar-refractivity contribution in [2.75, 3.05) is 0 Å². The molecule has 0 bridgehead atoms. The Kier molecular flexibility index (Phi) is 5.77. The Labute approximate surface area is 194 Å². The lowest BCUT2D eigenvalue weighted by atomic mass is 9.50. The van der Waals surface area contributed by atoms with Gasteiger partial charge in [-0.2, -0.15) is 0 Å². The summed E-state index contributed by atoms with van der Waals surface area (Å²) in [4.78, 5) is 76.9. The minimum atomic E-state index is -2.98. The van der Waals surface area contributed by atoms with Crippen molar-refractivity contribution in [3.05, 3.63) is 29.3 Å². The number of fused-ring (bicyclic) bond motifs is 3. The van der Waals surface area contributed by atoms with E-state index in [1.807, 2.05) is 0 Å². The molecule has 1 aromatic rings. The summed E-state index contributed by atoms with van der Waals surface area (Å²) in [6.07, 6.45) is -1.77. The highest BCUT2D eigenvalue weighted by atomic mass is 16.3. The molecule has 3 aliphatic carbocycles. The lowest BCUT2D eigenvalue weighted by molar-refractivity contribution is -0.189. The number of carbonyl (C=O) groups is 6. The molecule has 34 heavy (non-hydrogen) atoms. The summed E-state index contributed by atoms with van der Waals surface area (Å²) in [7, 11) is 0. The summed E-state index contributed by atoms with van der Waals surface area (Å²) in [6, 6.07) is 4.22. The van der Waals surface area contributed by atoms with Crippen molar-refractivity contribution in [1.29, 1.82) is 0 Å². The molecule has 2 saturated carbocycles. The summed E-state index contributed by atoms with van der Waals surface area (Å²) in [5.41, 5.74) is 2.23. The number of rotatable bonds is 5. The van der Waals surface area contributed by atoms with Gasteiger partial charge in [0.2, 0.25) is 5.91 Å². The maximum Gasteiger partial charge on any atom is 0.235 e. The van der Waals surface area contributed by atoms with Gasteiger partial charge >= 0.3 is 0 Å². The Morgan fingerprint density at radius 2 is 1.82 bits per heavy atom. The van der Waals surface area contributed by atoms with Crippen molar-refractivity contribution in [2.24, 2.45) is 29.4 Å². The third-order valence-electron chi connectivity index (χ3n) is 7.50. The Bertz CT molecular complexity index is 1140. The normalized spacial score (nSPS) is 34.8. The molecule has 0 aliphatic heterocycles. The average Bonchev–Trinajstić information content (AvgIpc) is 2.76. The Morgan fingerprint density at radius 1 is 1.15 bits per heavy atom. The Balaban J connectivity index is 1.90. The van der Waals surface area contributed by atoms with Gasteiger partial charge in [-0.05, 0) is 24.0 Å². The maximum absolute atomic E-state index is 13.6. The summed E-state index contributed by atoms with van der Waals surface area (Å²) in [5.74, 6) is -14.1. The first-order chi connectivity index (χ1) is 16.0. The summed E-state index contributed by atoms with van der Waals surface area (Å²) in [5, 5.41) is 33.0. The molecule has 180 valence electrons. The van der Waals surface area contributed by atoms with E-state index in [2.05, 4.69) is 0 Å². The van der Waals surface area contributed by atoms with Gasteiger partial charge in [0, 0.05) is 31.1 Å². The van der Waals surface area contributed by atoms with Crippen molar-refractivity contribution < 1.29 is 44.1 Å². The van der Waals surface area contributed by atoms with Crippen LogP contribution in [0.3, 0.4) is 0 Å². The number of benzene rings is 1. The third kappa shape index (κ3) is 3.16. The van der Waals surface area contributed by atoms with E-state index in [4.69, 9.17) is 5.73 Å². The van der Waals surface area contributed by atoms with Crippen LogP contribution >= 0.6 is 0 Å². The molecule has 5 N–H and O–H groups in total. The van der Waals surface area contributed by atoms with Crippen molar-refractivity contribution in [3.8, 4) is 5.75 Å². The molecule has 1 amide bonds. The van der Waals surface area contributed by atoms with E-state index in [0.29, 0.717) is 6.42 Å². The molecule has 3 aliphatic rings. The number of aromatic hydroxyl groups is 1. The first kappa shape index (κ1) is 23.9. The molecule has 10 heteroatoms. The first-order valence-electron chi connectivity index (χ1n) is 11.2. The summed E-state index contributed by atoms with van der Waals surface area (Å²) < 4.78 is 0. The minimum Gasteiger partial charge on any atom is -0.507 e. The average molecular weight is 471 g/mol. The highest BCUT2D eigenvalue weighted by Crippen LogP contribution is 2.54. The maximum atomic E-state index is 13.6. The van der Waals surface area contributed by atoms with Gasteiger partial charge in [-0.1, -0.05) is 19.1 Å². The number of nitrogens with two attached hydrogens (primary N) is 1. The van der Waals surface area contributed by atoms with Crippen LogP contribution in [0.15, 0.2) is 18.2 Å². The number of phenolic OH excluding ortho intramolecular Hbond substituents is 1. The van der Waals surface area contributed by atoms with E-state index in [1.54, 1.807) is 6.92 Å². The van der Waals surface area contributed by atoms with Crippen LogP contribution in [0.1, 0.15) is 54.4 Å². The highest BCUT2D eigenvalue weighted by Gasteiger charge is 2.70. The van der Waals surface area contributed by atoms with Gasteiger partial charge in [-0.15, -0.1) is 0 Å². The van der Waals surface area contributed by atoms with Gasteiger partial charge < -0.3 is 21.1 Å². The number of aliphatic hydroxyl groups is 2. The quantitative estimate of drug-likeness (QED) is 0.414. The molecule has 0 aromatic heterocycles. The van der Waals surface area contributed by atoms with Gasteiger partial charge in [0.05, 0.1) is 17.6 Å². The zero-order valence-corrected chi connectivity index (χ0v) is 18.4.